The van der Waals surface area contributed by atoms with E-state index in [1.807, 2.05) is 0 Å². The van der Waals surface area contributed by atoms with Crippen LogP contribution in [0, 0.1) is 11.8 Å². The molecular weight excluding hydrogens is 126 g/mol. The van der Waals surface area contributed by atoms with Crippen molar-refractivity contribution < 1.29 is 4.74 Å². The summed E-state index contributed by atoms with van der Waals surface area (Å²) in [6.07, 6.45) is 1.42. The predicted octanol–water partition coefficient (Wildman–Crippen LogP) is 1.00. The molecule has 0 heterocycles. The minimum absolute atomic E-state index is 0.347. The summed E-state index contributed by atoms with van der Waals surface area (Å²) < 4.78 is 5.28. The van der Waals surface area contributed by atoms with Gasteiger partial charge < -0.3 is 10.5 Å². The molecule has 1 aliphatic rings. The van der Waals surface area contributed by atoms with E-state index in [2.05, 4.69) is 13.8 Å². The molecule has 0 radical (unpaired) electrons. The second-order valence-corrected chi connectivity index (χ2v) is 3.39. The zero-order valence-electron chi connectivity index (χ0n) is 7.00. The first-order chi connectivity index (χ1) is 4.66. The van der Waals surface area contributed by atoms with Crippen molar-refractivity contribution in [3.8, 4) is 0 Å². The van der Waals surface area contributed by atoms with E-state index >= 15 is 0 Å². The summed E-state index contributed by atoms with van der Waals surface area (Å²) in [6.45, 7) is 4.42. The number of rotatable bonds is 1. The van der Waals surface area contributed by atoms with Gasteiger partial charge in [0, 0.05) is 13.2 Å². The van der Waals surface area contributed by atoms with Crippen LogP contribution in [-0.2, 0) is 4.74 Å². The number of hydrogen-bond acceptors (Lipinski definition) is 2. The summed E-state index contributed by atoms with van der Waals surface area (Å²) in [7, 11) is 1.77. The summed E-state index contributed by atoms with van der Waals surface area (Å²) in [5, 5.41) is 0. The van der Waals surface area contributed by atoms with Gasteiger partial charge >= 0.3 is 0 Å². The highest BCUT2D eigenvalue weighted by molar-refractivity contribution is 4.89. The summed E-state index contributed by atoms with van der Waals surface area (Å²) >= 11 is 0. The van der Waals surface area contributed by atoms with Crippen LogP contribution in [0.15, 0.2) is 0 Å². The molecule has 2 heteroatoms. The molecule has 60 valence electrons. The Balaban J connectivity index is 2.53. The van der Waals surface area contributed by atoms with E-state index in [1.165, 1.54) is 0 Å². The lowest BCUT2D eigenvalue weighted by atomic mass is 9.97. The van der Waals surface area contributed by atoms with Crippen LogP contribution >= 0.6 is 0 Å². The minimum atomic E-state index is 0.347. The lowest BCUT2D eigenvalue weighted by Gasteiger charge is -2.16. The summed E-state index contributed by atoms with van der Waals surface area (Å²) in [4.78, 5) is 0. The maximum Gasteiger partial charge on any atom is 0.0614 e. The molecule has 2 nitrogen and oxygen atoms in total. The molecule has 0 aliphatic heterocycles. The van der Waals surface area contributed by atoms with E-state index in [0.717, 1.165) is 6.42 Å². The molecular formula is C8H17NO. The quantitative estimate of drug-likeness (QED) is 0.594. The van der Waals surface area contributed by atoms with Gasteiger partial charge in [-0.05, 0) is 18.3 Å². The average Bonchev–Trinajstić information content (AvgIpc) is 2.17. The molecule has 1 rings (SSSR count). The largest absolute Gasteiger partial charge is 0.381 e. The van der Waals surface area contributed by atoms with Gasteiger partial charge in [0.2, 0.25) is 0 Å². The fraction of sp³-hybridized carbons (Fsp3) is 1.00. The Bertz CT molecular complexity index is 116. The van der Waals surface area contributed by atoms with Crippen molar-refractivity contribution in [1.82, 2.24) is 0 Å². The Morgan fingerprint density at radius 2 is 1.90 bits per heavy atom. The van der Waals surface area contributed by atoms with Gasteiger partial charge in [-0.2, -0.15) is 0 Å². The minimum Gasteiger partial charge on any atom is -0.381 e. The number of hydrogen-bond donors (Lipinski definition) is 1. The van der Waals surface area contributed by atoms with Gasteiger partial charge in [-0.15, -0.1) is 0 Å². The summed E-state index contributed by atoms with van der Waals surface area (Å²) in [6, 6.07) is 0.347. The smallest absolute Gasteiger partial charge is 0.0614 e. The van der Waals surface area contributed by atoms with Crippen molar-refractivity contribution in [2.24, 2.45) is 17.6 Å². The van der Waals surface area contributed by atoms with Crippen molar-refractivity contribution >= 4 is 0 Å². The van der Waals surface area contributed by atoms with Gasteiger partial charge in [0.15, 0.2) is 0 Å². The van der Waals surface area contributed by atoms with Crippen molar-refractivity contribution in [2.45, 2.75) is 32.4 Å². The molecule has 0 aromatic heterocycles. The van der Waals surface area contributed by atoms with Gasteiger partial charge in [-0.25, -0.2) is 0 Å². The van der Waals surface area contributed by atoms with Gasteiger partial charge in [0.25, 0.3) is 0 Å². The molecule has 4 unspecified atom stereocenters. The molecule has 10 heavy (non-hydrogen) atoms. The predicted molar refractivity (Wildman–Crippen MR) is 41.7 cm³/mol. The molecule has 1 saturated carbocycles. The normalized spacial score (nSPS) is 48.0. The molecule has 0 bridgehead atoms. The SMILES string of the molecule is COC1CC(N)C(C)C1C. The standard InChI is InChI=1S/C8H17NO/c1-5-6(2)8(10-3)4-7(5)9/h5-8H,4,9H2,1-3H3. The van der Waals surface area contributed by atoms with Gasteiger partial charge in [0.1, 0.15) is 0 Å². The fourth-order valence-corrected chi connectivity index (χ4v) is 1.74. The second kappa shape index (κ2) is 2.89. The van der Waals surface area contributed by atoms with Crippen LogP contribution in [0.2, 0.25) is 0 Å². The fourth-order valence-electron chi connectivity index (χ4n) is 1.74. The maximum absolute atomic E-state index is 5.85. The van der Waals surface area contributed by atoms with E-state index in [1.54, 1.807) is 7.11 Å². The monoisotopic (exact) mass is 143 g/mol. The van der Waals surface area contributed by atoms with Crippen LogP contribution in [0.25, 0.3) is 0 Å². The van der Waals surface area contributed by atoms with Crippen molar-refractivity contribution in [1.29, 1.82) is 0 Å². The molecule has 0 saturated heterocycles. The first-order valence-electron chi connectivity index (χ1n) is 3.95. The van der Waals surface area contributed by atoms with E-state index in [9.17, 15) is 0 Å². The van der Waals surface area contributed by atoms with Crippen LogP contribution in [0.4, 0.5) is 0 Å². The van der Waals surface area contributed by atoms with Crippen molar-refractivity contribution in [3.63, 3.8) is 0 Å². The van der Waals surface area contributed by atoms with Crippen LogP contribution in [-0.4, -0.2) is 19.3 Å². The third kappa shape index (κ3) is 1.18. The Morgan fingerprint density at radius 3 is 2.10 bits per heavy atom. The summed E-state index contributed by atoms with van der Waals surface area (Å²) in [5.41, 5.74) is 5.85. The zero-order chi connectivity index (χ0) is 7.72. The van der Waals surface area contributed by atoms with E-state index < -0.39 is 0 Å². The van der Waals surface area contributed by atoms with Gasteiger partial charge in [-0.3, -0.25) is 0 Å². The first kappa shape index (κ1) is 8.02. The van der Waals surface area contributed by atoms with E-state index in [0.29, 0.717) is 24.0 Å². The van der Waals surface area contributed by atoms with Gasteiger partial charge in [-0.1, -0.05) is 13.8 Å². The second-order valence-electron chi connectivity index (χ2n) is 3.39. The lowest BCUT2D eigenvalue weighted by Crippen LogP contribution is -2.24. The Kier molecular flexibility index (Phi) is 2.32. The average molecular weight is 143 g/mol. The topological polar surface area (TPSA) is 35.2 Å². The molecule has 0 spiro atoms. The highest BCUT2D eigenvalue weighted by atomic mass is 16.5. The molecule has 0 aromatic carbocycles. The van der Waals surface area contributed by atoms with Crippen molar-refractivity contribution in [2.75, 3.05) is 7.11 Å². The Morgan fingerprint density at radius 1 is 1.30 bits per heavy atom. The van der Waals surface area contributed by atoms with Crippen LogP contribution in [0.1, 0.15) is 20.3 Å². The molecule has 1 fully saturated rings. The number of nitrogens with two attached hydrogens (primary N) is 1. The number of methoxy groups -OCH3 is 1. The lowest BCUT2D eigenvalue weighted by molar-refractivity contribution is 0.0699. The van der Waals surface area contributed by atoms with Crippen LogP contribution in [0.5, 0.6) is 0 Å². The van der Waals surface area contributed by atoms with E-state index in [-0.39, 0.29) is 0 Å². The van der Waals surface area contributed by atoms with Crippen LogP contribution < -0.4 is 5.73 Å². The van der Waals surface area contributed by atoms with Gasteiger partial charge in [0.05, 0.1) is 6.10 Å². The Labute approximate surface area is 62.7 Å². The highest BCUT2D eigenvalue weighted by Crippen LogP contribution is 2.31. The van der Waals surface area contributed by atoms with Crippen molar-refractivity contribution in [3.05, 3.63) is 0 Å². The number of ether oxygens (including phenoxy) is 1. The molecule has 4 atom stereocenters. The molecule has 2 N–H and O–H groups in total. The third-order valence-electron chi connectivity index (χ3n) is 2.90. The maximum atomic E-state index is 5.85. The summed E-state index contributed by atoms with van der Waals surface area (Å²) in [5.74, 6) is 1.24. The van der Waals surface area contributed by atoms with Crippen LogP contribution in [0.3, 0.4) is 0 Å². The Hall–Kier alpha value is -0.0800. The zero-order valence-corrected chi connectivity index (χ0v) is 7.00. The molecule has 0 aromatic rings. The van der Waals surface area contributed by atoms with E-state index in [4.69, 9.17) is 10.5 Å². The highest BCUT2D eigenvalue weighted by Gasteiger charge is 2.35. The first-order valence-corrected chi connectivity index (χ1v) is 3.95. The molecule has 0 amide bonds. The third-order valence-corrected chi connectivity index (χ3v) is 2.90. The molecule has 1 aliphatic carbocycles.